The van der Waals surface area contributed by atoms with Gasteiger partial charge in [0.05, 0.1) is 5.92 Å². The summed E-state index contributed by atoms with van der Waals surface area (Å²) in [6.07, 6.45) is 5.72. The van der Waals surface area contributed by atoms with E-state index in [1.807, 2.05) is 25.7 Å². The standard InChI is InChI=1S/C21H35N3O4/c1-5-16-7-6-12-23(13-9-16)18(25)8-11-22-19(26)17-10-14-24(15-17)20(27)28-21(2,3)4/h5,17H,6-15H2,1-4H3,(H,22,26)/b16-5-/t17-/m0/s1. The Labute approximate surface area is 168 Å². The molecule has 2 heterocycles. The van der Waals surface area contributed by atoms with Crippen LogP contribution in [0.1, 0.15) is 59.8 Å². The first kappa shape index (κ1) is 22.2. The number of nitrogens with one attached hydrogen (secondary N) is 1. The van der Waals surface area contributed by atoms with Gasteiger partial charge in [0, 0.05) is 39.1 Å². The van der Waals surface area contributed by atoms with Crippen LogP contribution in [0.25, 0.3) is 0 Å². The molecule has 0 aliphatic carbocycles. The molecule has 7 heteroatoms. The van der Waals surface area contributed by atoms with Gasteiger partial charge >= 0.3 is 6.09 Å². The highest BCUT2D eigenvalue weighted by atomic mass is 16.6. The van der Waals surface area contributed by atoms with Crippen LogP contribution < -0.4 is 5.32 Å². The fourth-order valence-corrected chi connectivity index (χ4v) is 3.61. The molecule has 7 nitrogen and oxygen atoms in total. The maximum atomic E-state index is 12.4. The summed E-state index contributed by atoms with van der Waals surface area (Å²) < 4.78 is 5.36. The van der Waals surface area contributed by atoms with Crippen LogP contribution in [0, 0.1) is 5.92 Å². The number of likely N-dealkylation sites (tertiary alicyclic amines) is 2. The SMILES string of the molecule is C/C=C1/CCCN(C(=O)CCNC(=O)[C@H]2CCN(C(=O)OC(C)(C)C)C2)CC1. The number of rotatable bonds is 4. The maximum Gasteiger partial charge on any atom is 0.410 e. The van der Waals surface area contributed by atoms with Gasteiger partial charge in [0.25, 0.3) is 0 Å². The van der Waals surface area contributed by atoms with E-state index in [2.05, 4.69) is 18.3 Å². The maximum absolute atomic E-state index is 12.4. The van der Waals surface area contributed by atoms with E-state index < -0.39 is 5.60 Å². The summed E-state index contributed by atoms with van der Waals surface area (Å²) in [5, 5.41) is 2.86. The quantitative estimate of drug-likeness (QED) is 0.745. The minimum Gasteiger partial charge on any atom is -0.444 e. The van der Waals surface area contributed by atoms with Crippen LogP contribution in [0.4, 0.5) is 4.79 Å². The van der Waals surface area contributed by atoms with Gasteiger partial charge in [0.15, 0.2) is 0 Å². The van der Waals surface area contributed by atoms with Gasteiger partial charge < -0.3 is 19.9 Å². The number of nitrogens with zero attached hydrogens (tertiary/aromatic N) is 2. The zero-order chi connectivity index (χ0) is 20.7. The Balaban J connectivity index is 1.70. The third-order valence-electron chi connectivity index (χ3n) is 5.24. The molecule has 158 valence electrons. The smallest absolute Gasteiger partial charge is 0.410 e. The second-order valence-electron chi connectivity index (χ2n) is 8.63. The monoisotopic (exact) mass is 393 g/mol. The summed E-state index contributed by atoms with van der Waals surface area (Å²) in [6.45, 7) is 10.3. The Morgan fingerprint density at radius 3 is 2.57 bits per heavy atom. The molecule has 0 aromatic carbocycles. The summed E-state index contributed by atoms with van der Waals surface area (Å²) in [4.78, 5) is 40.4. The first-order valence-corrected chi connectivity index (χ1v) is 10.4. The molecule has 2 saturated heterocycles. The Bertz CT molecular complexity index is 609. The first-order valence-electron chi connectivity index (χ1n) is 10.4. The molecule has 0 unspecified atom stereocenters. The zero-order valence-corrected chi connectivity index (χ0v) is 17.8. The van der Waals surface area contributed by atoms with Crippen molar-refractivity contribution in [1.82, 2.24) is 15.1 Å². The van der Waals surface area contributed by atoms with Crippen molar-refractivity contribution < 1.29 is 19.1 Å². The molecule has 1 atom stereocenters. The summed E-state index contributed by atoms with van der Waals surface area (Å²) >= 11 is 0. The molecular weight excluding hydrogens is 358 g/mol. The molecule has 0 spiro atoms. The number of carbonyl (C=O) groups is 3. The molecule has 0 aromatic heterocycles. The minimum atomic E-state index is -0.543. The fourth-order valence-electron chi connectivity index (χ4n) is 3.61. The van der Waals surface area contributed by atoms with Gasteiger partial charge in [-0.25, -0.2) is 4.79 Å². The minimum absolute atomic E-state index is 0.0917. The average Bonchev–Trinajstić information content (AvgIpc) is 2.99. The summed E-state index contributed by atoms with van der Waals surface area (Å²) in [5.41, 5.74) is 0.873. The topological polar surface area (TPSA) is 79.0 Å². The molecule has 2 aliphatic heterocycles. The highest BCUT2D eigenvalue weighted by Crippen LogP contribution is 2.20. The van der Waals surface area contributed by atoms with E-state index in [4.69, 9.17) is 4.74 Å². The van der Waals surface area contributed by atoms with Crippen molar-refractivity contribution in [2.45, 2.75) is 65.4 Å². The number of carbonyl (C=O) groups excluding carboxylic acids is 3. The molecule has 28 heavy (non-hydrogen) atoms. The summed E-state index contributed by atoms with van der Waals surface area (Å²) in [6, 6.07) is 0. The fraction of sp³-hybridized carbons (Fsp3) is 0.762. The molecule has 2 fully saturated rings. The van der Waals surface area contributed by atoms with Crippen LogP contribution in [-0.4, -0.2) is 66.0 Å². The molecule has 3 amide bonds. The van der Waals surface area contributed by atoms with Crippen molar-refractivity contribution in [2.24, 2.45) is 5.92 Å². The van der Waals surface area contributed by atoms with E-state index in [1.165, 1.54) is 5.57 Å². The zero-order valence-electron chi connectivity index (χ0n) is 17.8. The third-order valence-corrected chi connectivity index (χ3v) is 5.24. The molecule has 0 bridgehead atoms. The van der Waals surface area contributed by atoms with Crippen LogP contribution in [0.2, 0.25) is 0 Å². The van der Waals surface area contributed by atoms with Gasteiger partial charge in [-0.15, -0.1) is 0 Å². The third kappa shape index (κ3) is 6.84. The van der Waals surface area contributed by atoms with E-state index in [-0.39, 0.29) is 23.8 Å². The van der Waals surface area contributed by atoms with E-state index in [0.717, 1.165) is 32.4 Å². The van der Waals surface area contributed by atoms with Gasteiger partial charge in [-0.05, 0) is 53.4 Å². The van der Waals surface area contributed by atoms with Gasteiger partial charge in [0.2, 0.25) is 11.8 Å². The Morgan fingerprint density at radius 1 is 1.14 bits per heavy atom. The van der Waals surface area contributed by atoms with E-state index in [9.17, 15) is 14.4 Å². The Morgan fingerprint density at radius 2 is 1.89 bits per heavy atom. The number of hydrogen-bond donors (Lipinski definition) is 1. The van der Waals surface area contributed by atoms with Crippen LogP contribution in [0.5, 0.6) is 0 Å². The lowest BCUT2D eigenvalue weighted by atomic mass is 10.1. The molecule has 2 rings (SSSR count). The van der Waals surface area contributed by atoms with Crippen LogP contribution in [-0.2, 0) is 14.3 Å². The van der Waals surface area contributed by atoms with E-state index >= 15 is 0 Å². The number of allylic oxidation sites excluding steroid dienone is 1. The predicted molar refractivity (Wildman–Crippen MR) is 108 cm³/mol. The van der Waals surface area contributed by atoms with Crippen molar-refractivity contribution in [3.05, 3.63) is 11.6 Å². The lowest BCUT2D eigenvalue weighted by Gasteiger charge is -2.24. The Kier molecular flexibility index (Phi) is 7.89. The van der Waals surface area contributed by atoms with Gasteiger partial charge in [-0.2, -0.15) is 0 Å². The van der Waals surface area contributed by atoms with E-state index in [1.54, 1.807) is 4.90 Å². The highest BCUT2D eigenvalue weighted by molar-refractivity contribution is 5.82. The lowest BCUT2D eigenvalue weighted by Crippen LogP contribution is -2.39. The van der Waals surface area contributed by atoms with Crippen molar-refractivity contribution in [2.75, 3.05) is 32.7 Å². The van der Waals surface area contributed by atoms with Gasteiger partial charge in [-0.3, -0.25) is 9.59 Å². The van der Waals surface area contributed by atoms with Gasteiger partial charge in [-0.1, -0.05) is 11.6 Å². The molecule has 0 saturated carbocycles. The van der Waals surface area contributed by atoms with E-state index in [0.29, 0.717) is 32.5 Å². The second-order valence-corrected chi connectivity index (χ2v) is 8.63. The molecule has 0 aromatic rings. The van der Waals surface area contributed by atoms with Crippen LogP contribution in [0.3, 0.4) is 0 Å². The number of hydrogen-bond acceptors (Lipinski definition) is 4. The highest BCUT2D eigenvalue weighted by Gasteiger charge is 2.33. The van der Waals surface area contributed by atoms with Crippen molar-refractivity contribution >= 4 is 17.9 Å². The van der Waals surface area contributed by atoms with Crippen LogP contribution >= 0.6 is 0 Å². The van der Waals surface area contributed by atoms with Crippen molar-refractivity contribution in [3.8, 4) is 0 Å². The number of ether oxygens (including phenoxy) is 1. The second kappa shape index (κ2) is 9.94. The average molecular weight is 394 g/mol. The van der Waals surface area contributed by atoms with Gasteiger partial charge in [0.1, 0.15) is 5.60 Å². The summed E-state index contributed by atoms with van der Waals surface area (Å²) in [7, 11) is 0. The Hall–Kier alpha value is -2.05. The molecular formula is C21H35N3O4. The molecule has 1 N–H and O–H groups in total. The normalized spacial score (nSPS) is 22.1. The molecule has 2 aliphatic rings. The van der Waals surface area contributed by atoms with Crippen LogP contribution in [0.15, 0.2) is 11.6 Å². The number of amides is 3. The largest absolute Gasteiger partial charge is 0.444 e. The lowest BCUT2D eigenvalue weighted by molar-refractivity contribution is -0.131. The first-order chi connectivity index (χ1) is 13.2. The summed E-state index contributed by atoms with van der Waals surface area (Å²) in [5.74, 6) is -0.233. The van der Waals surface area contributed by atoms with Crippen molar-refractivity contribution in [3.63, 3.8) is 0 Å². The molecule has 0 radical (unpaired) electrons. The van der Waals surface area contributed by atoms with Crippen molar-refractivity contribution in [1.29, 1.82) is 0 Å². The predicted octanol–water partition coefficient (Wildman–Crippen LogP) is 2.71.